The second kappa shape index (κ2) is 6.48. The van der Waals surface area contributed by atoms with Gasteiger partial charge < -0.3 is 10.4 Å². The molecule has 0 amide bonds. The molecule has 3 aliphatic heterocycles. The van der Waals surface area contributed by atoms with Crippen molar-refractivity contribution in [1.29, 1.82) is 0 Å². The Balaban J connectivity index is 1.87. The molecule has 0 radical (unpaired) electrons. The van der Waals surface area contributed by atoms with Gasteiger partial charge in [-0.1, -0.05) is 6.07 Å². The lowest BCUT2D eigenvalue weighted by Crippen LogP contribution is -2.67. The lowest BCUT2D eigenvalue weighted by Gasteiger charge is -2.44. The molecule has 1 aromatic rings. The average Bonchev–Trinajstić information content (AvgIpc) is 3.03. The number of carbonyl (C=O) groups is 1. The zero-order valence-corrected chi connectivity index (χ0v) is 17.8. The molecule has 160 valence electrons. The summed E-state index contributed by atoms with van der Waals surface area (Å²) in [5.74, 6) is -2.68. The summed E-state index contributed by atoms with van der Waals surface area (Å²) in [6, 6.07) is 0.343. The highest BCUT2D eigenvalue weighted by Crippen LogP contribution is 2.36. The van der Waals surface area contributed by atoms with E-state index >= 15 is 0 Å². The zero-order chi connectivity index (χ0) is 21.4. The quantitative estimate of drug-likeness (QED) is 0.550. The summed E-state index contributed by atoms with van der Waals surface area (Å²) in [5.41, 5.74) is 0.0684. The highest BCUT2D eigenvalue weighted by atomic mass is 32.2. The van der Waals surface area contributed by atoms with E-state index in [0.29, 0.717) is 5.56 Å². The highest BCUT2D eigenvalue weighted by Gasteiger charge is 2.57. The Morgan fingerprint density at radius 1 is 1.03 bits per heavy atom. The van der Waals surface area contributed by atoms with Gasteiger partial charge in [0.05, 0.1) is 45.6 Å². The van der Waals surface area contributed by atoms with Crippen molar-refractivity contribution in [1.82, 2.24) is 9.62 Å². The predicted molar refractivity (Wildman–Crippen MR) is 103 cm³/mol. The normalized spacial score (nSPS) is 33.1. The van der Waals surface area contributed by atoms with Crippen LogP contribution in [-0.4, -0.2) is 87.8 Å². The van der Waals surface area contributed by atoms with Gasteiger partial charge in [-0.2, -0.15) is 4.31 Å². The standard InChI is InChI=1S/C16H20N2O8S3/c1-9-2-3-10(16(19)20)4-15(9)29(25,26)18-13-7-27(21,22)5-11(13)17-12-6-28(23,24)8-14(12)18/h2-4,11-14,17H,5-8H2,1H3,(H,19,20)/t11-,12-,13+,14+/m0/s1. The molecule has 0 aromatic heterocycles. The molecular formula is C16H20N2O8S3. The largest absolute Gasteiger partial charge is 0.478 e. The van der Waals surface area contributed by atoms with Crippen molar-refractivity contribution in [3.8, 4) is 0 Å². The number of hydrogen-bond acceptors (Lipinski definition) is 8. The first kappa shape index (κ1) is 20.7. The van der Waals surface area contributed by atoms with Gasteiger partial charge in [0.1, 0.15) is 0 Å². The molecule has 10 nitrogen and oxygen atoms in total. The number of sulfonamides is 1. The topological polar surface area (TPSA) is 155 Å². The van der Waals surface area contributed by atoms with Crippen LogP contribution in [0.5, 0.6) is 0 Å². The molecule has 0 unspecified atom stereocenters. The summed E-state index contributed by atoms with van der Waals surface area (Å²) in [5, 5.41) is 12.3. The maximum Gasteiger partial charge on any atom is 0.335 e. The fourth-order valence-electron chi connectivity index (χ4n) is 4.48. The first-order valence-electron chi connectivity index (χ1n) is 8.85. The van der Waals surface area contributed by atoms with Crippen molar-refractivity contribution in [2.45, 2.75) is 36.0 Å². The third kappa shape index (κ3) is 3.48. The van der Waals surface area contributed by atoms with E-state index in [2.05, 4.69) is 5.32 Å². The molecular weight excluding hydrogens is 444 g/mol. The van der Waals surface area contributed by atoms with E-state index < -0.39 is 71.3 Å². The van der Waals surface area contributed by atoms with Crippen molar-refractivity contribution < 1.29 is 35.2 Å². The summed E-state index contributed by atoms with van der Waals surface area (Å²) >= 11 is 0. The van der Waals surface area contributed by atoms with Gasteiger partial charge in [0.25, 0.3) is 0 Å². The maximum atomic E-state index is 13.6. The van der Waals surface area contributed by atoms with Crippen LogP contribution in [0.4, 0.5) is 0 Å². The second-order valence-electron chi connectivity index (χ2n) is 7.79. The van der Waals surface area contributed by atoms with Crippen LogP contribution >= 0.6 is 0 Å². The number of nitrogens with one attached hydrogen (secondary N) is 1. The number of rotatable bonds is 3. The zero-order valence-electron chi connectivity index (χ0n) is 15.3. The third-order valence-electron chi connectivity index (χ3n) is 5.72. The molecule has 0 saturated carbocycles. The van der Waals surface area contributed by atoms with Gasteiger partial charge >= 0.3 is 5.97 Å². The second-order valence-corrected chi connectivity index (χ2v) is 13.9. The van der Waals surface area contributed by atoms with Gasteiger partial charge in [-0.25, -0.2) is 30.0 Å². The van der Waals surface area contributed by atoms with Gasteiger partial charge in [0.2, 0.25) is 10.0 Å². The monoisotopic (exact) mass is 464 g/mol. The van der Waals surface area contributed by atoms with E-state index in [4.69, 9.17) is 0 Å². The van der Waals surface area contributed by atoms with Crippen LogP contribution in [-0.2, 0) is 29.7 Å². The Kier molecular flexibility index (Phi) is 4.63. The van der Waals surface area contributed by atoms with E-state index in [1.807, 2.05) is 0 Å². The number of carboxylic acids is 1. The molecule has 13 heteroatoms. The minimum absolute atomic E-state index is 0.226. The first-order chi connectivity index (χ1) is 13.3. The van der Waals surface area contributed by atoms with E-state index in [1.165, 1.54) is 19.1 Å². The van der Waals surface area contributed by atoms with Crippen molar-refractivity contribution >= 4 is 35.7 Å². The predicted octanol–water partition coefficient (Wildman–Crippen LogP) is -1.38. The number of benzene rings is 1. The molecule has 3 fully saturated rings. The molecule has 0 aliphatic carbocycles. The fraction of sp³-hybridized carbons (Fsp3) is 0.562. The Morgan fingerprint density at radius 3 is 2.03 bits per heavy atom. The molecule has 2 N–H and O–H groups in total. The molecule has 0 spiro atoms. The van der Waals surface area contributed by atoms with Crippen LogP contribution in [0.1, 0.15) is 15.9 Å². The van der Waals surface area contributed by atoms with Crippen LogP contribution in [0.2, 0.25) is 0 Å². The third-order valence-corrected chi connectivity index (χ3v) is 11.2. The fourth-order valence-corrected chi connectivity index (χ4v) is 10.6. The Morgan fingerprint density at radius 2 is 1.55 bits per heavy atom. The smallest absolute Gasteiger partial charge is 0.335 e. The summed E-state index contributed by atoms with van der Waals surface area (Å²) in [7, 11) is -11.4. The minimum atomic E-state index is -4.36. The Hall–Kier alpha value is -1.54. The summed E-state index contributed by atoms with van der Waals surface area (Å²) < 4.78 is 77.1. The van der Waals surface area contributed by atoms with Gasteiger partial charge in [-0.05, 0) is 24.6 Å². The van der Waals surface area contributed by atoms with Gasteiger partial charge in [-0.15, -0.1) is 0 Å². The van der Waals surface area contributed by atoms with E-state index in [1.54, 1.807) is 0 Å². The first-order valence-corrected chi connectivity index (χ1v) is 13.9. The number of piperazine rings is 1. The van der Waals surface area contributed by atoms with Crippen LogP contribution in [0.3, 0.4) is 0 Å². The summed E-state index contributed by atoms with van der Waals surface area (Å²) in [6.45, 7) is 1.51. The highest BCUT2D eigenvalue weighted by molar-refractivity contribution is 7.92. The number of fused-ring (bicyclic) bond motifs is 2. The van der Waals surface area contributed by atoms with Gasteiger partial charge in [-0.3, -0.25) is 0 Å². The molecule has 3 heterocycles. The molecule has 0 bridgehead atoms. The lowest BCUT2D eigenvalue weighted by atomic mass is 10.0. The molecule has 4 atom stereocenters. The molecule has 3 saturated heterocycles. The number of aromatic carboxylic acids is 1. The maximum absolute atomic E-state index is 13.6. The van der Waals surface area contributed by atoms with Crippen molar-refractivity contribution in [3.05, 3.63) is 29.3 Å². The SMILES string of the molecule is Cc1ccc(C(=O)O)cc1S(=O)(=O)N1[C@@H]2CS(=O)(=O)C[C@@H]2N[C@H]2CS(=O)(=O)C[C@H]21. The van der Waals surface area contributed by atoms with Crippen molar-refractivity contribution in [2.24, 2.45) is 0 Å². The van der Waals surface area contributed by atoms with Crippen molar-refractivity contribution in [2.75, 3.05) is 23.0 Å². The minimum Gasteiger partial charge on any atom is -0.478 e. The number of carboxylic acid groups (broad SMARTS) is 1. The van der Waals surface area contributed by atoms with E-state index in [9.17, 15) is 35.2 Å². The van der Waals surface area contributed by atoms with Crippen LogP contribution in [0.15, 0.2) is 23.1 Å². The molecule has 3 aliphatic rings. The van der Waals surface area contributed by atoms with E-state index in [-0.39, 0.29) is 22.0 Å². The number of nitrogens with zero attached hydrogens (tertiary/aromatic N) is 1. The van der Waals surface area contributed by atoms with Gasteiger partial charge in [0.15, 0.2) is 19.7 Å². The lowest BCUT2D eigenvalue weighted by molar-refractivity contribution is 0.0696. The van der Waals surface area contributed by atoms with Crippen molar-refractivity contribution in [3.63, 3.8) is 0 Å². The molecule has 1 aromatic carbocycles. The van der Waals surface area contributed by atoms with E-state index in [0.717, 1.165) is 10.4 Å². The van der Waals surface area contributed by atoms with Crippen LogP contribution < -0.4 is 5.32 Å². The number of sulfone groups is 2. The average molecular weight is 465 g/mol. The van der Waals surface area contributed by atoms with Crippen LogP contribution in [0.25, 0.3) is 0 Å². The Bertz CT molecular complexity index is 1160. The molecule has 4 rings (SSSR count). The Labute approximate surface area is 168 Å². The number of hydrogen-bond donors (Lipinski definition) is 2. The summed E-state index contributed by atoms with van der Waals surface area (Å²) in [4.78, 5) is 11.1. The molecule has 29 heavy (non-hydrogen) atoms. The number of aryl methyl sites for hydroxylation is 1. The summed E-state index contributed by atoms with van der Waals surface area (Å²) in [6.07, 6.45) is 0. The van der Waals surface area contributed by atoms with Crippen LogP contribution in [0, 0.1) is 6.92 Å². The van der Waals surface area contributed by atoms with Gasteiger partial charge in [0, 0.05) is 12.1 Å².